The smallest absolute Gasteiger partial charge is 0.129 e. The van der Waals surface area contributed by atoms with E-state index in [0.29, 0.717) is 10.0 Å². The van der Waals surface area contributed by atoms with Gasteiger partial charge in [-0.25, -0.2) is 4.99 Å². The van der Waals surface area contributed by atoms with Crippen molar-refractivity contribution in [1.29, 1.82) is 0 Å². The van der Waals surface area contributed by atoms with E-state index >= 15 is 0 Å². The monoisotopic (exact) mass is 391 g/mol. The molecule has 2 aliphatic rings. The van der Waals surface area contributed by atoms with Crippen LogP contribution in [0.4, 0.5) is 11.4 Å². The van der Waals surface area contributed by atoms with Gasteiger partial charge < -0.3 is 20.1 Å². The molecule has 138 valence electrons. The number of nitrogens with one attached hydrogen (secondary N) is 2. The third-order valence-electron chi connectivity index (χ3n) is 5.43. The summed E-state index contributed by atoms with van der Waals surface area (Å²) in [6.45, 7) is 2.78. The number of nitrogens with zero attached hydrogens (tertiary/aromatic N) is 3. The lowest BCUT2D eigenvalue weighted by Gasteiger charge is -2.45. The molecule has 0 bridgehead atoms. The van der Waals surface area contributed by atoms with Crippen molar-refractivity contribution < 1.29 is 0 Å². The minimum atomic E-state index is -0.193. The second-order valence-electron chi connectivity index (χ2n) is 7.22. The van der Waals surface area contributed by atoms with Crippen molar-refractivity contribution in [2.75, 3.05) is 25.5 Å². The predicted molar refractivity (Wildman–Crippen MR) is 109 cm³/mol. The van der Waals surface area contributed by atoms with Gasteiger partial charge in [-0.2, -0.15) is 0 Å². The molecule has 2 aromatic rings. The second-order valence-corrected chi connectivity index (χ2v) is 8.03. The number of aromatic nitrogens is 1. The van der Waals surface area contributed by atoms with Gasteiger partial charge >= 0.3 is 0 Å². The van der Waals surface area contributed by atoms with Crippen LogP contribution < -0.4 is 10.6 Å². The Kier molecular flexibility index (Phi) is 4.63. The number of benzene rings is 1. The van der Waals surface area contributed by atoms with Crippen LogP contribution in [0.15, 0.2) is 35.5 Å². The van der Waals surface area contributed by atoms with Crippen molar-refractivity contribution in [1.82, 2.24) is 14.8 Å². The number of amidine groups is 1. The van der Waals surface area contributed by atoms with Crippen LogP contribution in [0.3, 0.4) is 0 Å². The summed E-state index contributed by atoms with van der Waals surface area (Å²) in [6.07, 6.45) is 4.03. The lowest BCUT2D eigenvalue weighted by Crippen LogP contribution is -2.58. The summed E-state index contributed by atoms with van der Waals surface area (Å²) in [5, 5.41) is 8.39. The molecule has 1 saturated heterocycles. The Hall–Kier alpha value is -1.69. The molecule has 1 aromatic carbocycles. The molecule has 3 heterocycles. The Morgan fingerprint density at radius 1 is 1.19 bits per heavy atom. The normalized spacial score (nSPS) is 19.0. The zero-order valence-corrected chi connectivity index (χ0v) is 16.5. The summed E-state index contributed by atoms with van der Waals surface area (Å²) < 4.78 is 2.12. The molecular formula is C19H23Cl2N5. The van der Waals surface area contributed by atoms with Gasteiger partial charge in [0.2, 0.25) is 0 Å². The molecule has 7 heteroatoms. The first-order chi connectivity index (χ1) is 12.5. The van der Waals surface area contributed by atoms with Gasteiger partial charge in [-0.05, 0) is 44.2 Å². The molecule has 5 nitrogen and oxygen atoms in total. The van der Waals surface area contributed by atoms with E-state index in [0.717, 1.165) is 49.7 Å². The van der Waals surface area contributed by atoms with Crippen LogP contribution in [0.5, 0.6) is 0 Å². The fourth-order valence-electron chi connectivity index (χ4n) is 3.70. The Morgan fingerprint density at radius 3 is 2.62 bits per heavy atom. The van der Waals surface area contributed by atoms with Gasteiger partial charge in [0.1, 0.15) is 5.84 Å². The molecule has 0 amide bonds. The highest BCUT2D eigenvalue weighted by Gasteiger charge is 2.41. The Morgan fingerprint density at radius 2 is 1.92 bits per heavy atom. The van der Waals surface area contributed by atoms with E-state index in [-0.39, 0.29) is 5.54 Å². The number of piperidine rings is 1. The Labute approximate surface area is 164 Å². The number of aliphatic imine (C=N–C) groups is 1. The molecule has 1 aromatic heterocycles. The molecule has 0 atom stereocenters. The number of likely N-dealkylation sites (tertiary alicyclic amines) is 1. The van der Waals surface area contributed by atoms with Crippen molar-refractivity contribution in [3.05, 3.63) is 46.2 Å². The molecule has 2 aliphatic heterocycles. The minimum absolute atomic E-state index is 0.193. The molecule has 0 unspecified atom stereocenters. The third kappa shape index (κ3) is 3.20. The lowest BCUT2D eigenvalue weighted by atomic mass is 9.84. The summed E-state index contributed by atoms with van der Waals surface area (Å²) in [4.78, 5) is 7.30. The van der Waals surface area contributed by atoms with E-state index in [2.05, 4.69) is 52.5 Å². The van der Waals surface area contributed by atoms with Crippen LogP contribution in [0, 0.1) is 0 Å². The first kappa shape index (κ1) is 17.7. The summed E-state index contributed by atoms with van der Waals surface area (Å²) in [7, 11) is 4.22. The number of aryl methyl sites for hydroxylation is 1. The SMILES string of the molecule is CN1CCC2(CC1)Nc1cc(Cl)c(Cl)cc1N=C2NCc1cccn1C. The first-order valence-electron chi connectivity index (χ1n) is 8.86. The standard InChI is InChI=1S/C19H23Cl2N5/c1-25-8-5-19(6-9-25)18(22-12-13-4-3-7-26(13)2)23-16-10-14(20)15(21)11-17(16)24-19/h3-4,7,10-11,24H,5-6,8-9,12H2,1-2H3,(H,22,23). The van der Waals surface area contributed by atoms with E-state index in [9.17, 15) is 0 Å². The molecule has 2 N–H and O–H groups in total. The zero-order valence-electron chi connectivity index (χ0n) is 15.0. The molecule has 4 rings (SSSR count). The van der Waals surface area contributed by atoms with E-state index in [4.69, 9.17) is 28.2 Å². The van der Waals surface area contributed by atoms with Crippen LogP contribution in [0.25, 0.3) is 0 Å². The van der Waals surface area contributed by atoms with Gasteiger partial charge in [-0.3, -0.25) is 0 Å². The predicted octanol–water partition coefficient (Wildman–Crippen LogP) is 4.04. The number of hydrogen-bond donors (Lipinski definition) is 2. The fourth-order valence-corrected chi connectivity index (χ4v) is 4.02. The molecule has 26 heavy (non-hydrogen) atoms. The molecule has 1 spiro atoms. The Balaban J connectivity index is 1.68. The maximum absolute atomic E-state index is 6.23. The Bertz CT molecular complexity index is 850. The highest BCUT2D eigenvalue weighted by atomic mass is 35.5. The molecule has 0 saturated carbocycles. The molecule has 0 radical (unpaired) electrons. The highest BCUT2D eigenvalue weighted by molar-refractivity contribution is 6.42. The van der Waals surface area contributed by atoms with Crippen LogP contribution in [0.2, 0.25) is 10.0 Å². The first-order valence-corrected chi connectivity index (χ1v) is 9.61. The van der Waals surface area contributed by atoms with Crippen molar-refractivity contribution in [2.24, 2.45) is 12.0 Å². The third-order valence-corrected chi connectivity index (χ3v) is 6.15. The molecular weight excluding hydrogens is 369 g/mol. The summed E-state index contributed by atoms with van der Waals surface area (Å²) >= 11 is 12.4. The highest BCUT2D eigenvalue weighted by Crippen LogP contribution is 2.41. The topological polar surface area (TPSA) is 44.6 Å². The zero-order chi connectivity index (χ0) is 18.3. The largest absolute Gasteiger partial charge is 0.371 e. The average molecular weight is 392 g/mol. The van der Waals surface area contributed by atoms with Gasteiger partial charge in [0.15, 0.2) is 0 Å². The summed E-state index contributed by atoms with van der Waals surface area (Å²) in [6, 6.07) is 7.89. The van der Waals surface area contributed by atoms with Crippen molar-refractivity contribution in [3.8, 4) is 0 Å². The van der Waals surface area contributed by atoms with Crippen LogP contribution >= 0.6 is 23.2 Å². The number of hydrogen-bond acceptors (Lipinski definition) is 4. The van der Waals surface area contributed by atoms with Crippen LogP contribution in [0.1, 0.15) is 18.5 Å². The quantitative estimate of drug-likeness (QED) is 0.811. The molecule has 0 aliphatic carbocycles. The summed E-state index contributed by atoms with van der Waals surface area (Å²) in [5.74, 6) is 0.984. The van der Waals surface area contributed by atoms with E-state index < -0.39 is 0 Å². The lowest BCUT2D eigenvalue weighted by molar-refractivity contribution is 0.238. The molecule has 1 fully saturated rings. The van der Waals surface area contributed by atoms with Crippen molar-refractivity contribution in [3.63, 3.8) is 0 Å². The minimum Gasteiger partial charge on any atom is -0.371 e. The number of fused-ring (bicyclic) bond motifs is 1. The number of rotatable bonds is 2. The van der Waals surface area contributed by atoms with E-state index in [1.54, 1.807) is 0 Å². The van der Waals surface area contributed by atoms with Crippen LogP contribution in [-0.4, -0.2) is 41.0 Å². The number of halogens is 2. The van der Waals surface area contributed by atoms with Crippen molar-refractivity contribution in [2.45, 2.75) is 24.9 Å². The van der Waals surface area contributed by atoms with E-state index in [1.165, 1.54) is 5.69 Å². The fraction of sp³-hybridized carbons (Fsp3) is 0.421. The van der Waals surface area contributed by atoms with Gasteiger partial charge in [-0.1, -0.05) is 23.2 Å². The maximum atomic E-state index is 6.23. The second kappa shape index (κ2) is 6.80. The van der Waals surface area contributed by atoms with Gasteiger partial charge in [0.05, 0.1) is 33.5 Å². The van der Waals surface area contributed by atoms with Crippen LogP contribution in [-0.2, 0) is 13.6 Å². The maximum Gasteiger partial charge on any atom is 0.129 e. The number of anilines is 1. The van der Waals surface area contributed by atoms with Gasteiger partial charge in [0.25, 0.3) is 0 Å². The van der Waals surface area contributed by atoms with Crippen molar-refractivity contribution >= 4 is 40.4 Å². The average Bonchev–Trinajstić information content (AvgIpc) is 3.02. The van der Waals surface area contributed by atoms with Gasteiger partial charge in [0, 0.05) is 32.0 Å². The summed E-state index contributed by atoms with van der Waals surface area (Å²) in [5.41, 5.74) is 2.81. The van der Waals surface area contributed by atoms with Gasteiger partial charge in [-0.15, -0.1) is 0 Å². The van der Waals surface area contributed by atoms with E-state index in [1.807, 2.05) is 12.1 Å².